The van der Waals surface area contributed by atoms with Crippen LogP contribution >= 0.6 is 11.6 Å². The molecule has 2 N–H and O–H groups in total. The zero-order chi connectivity index (χ0) is 29.6. The van der Waals surface area contributed by atoms with Crippen LogP contribution in [0.3, 0.4) is 0 Å². The molecule has 0 unspecified atom stereocenters. The van der Waals surface area contributed by atoms with Crippen molar-refractivity contribution in [2.75, 3.05) is 52.7 Å². The number of nitrogens with zero attached hydrogens (tertiary/aromatic N) is 3. The Morgan fingerprint density at radius 2 is 1.88 bits per heavy atom. The maximum Gasteiger partial charge on any atom is 0.258 e. The molecule has 0 aliphatic carbocycles. The minimum Gasteiger partial charge on any atom is -0.488 e. The van der Waals surface area contributed by atoms with Gasteiger partial charge in [0.15, 0.2) is 0 Å². The number of rotatable bonds is 11. The van der Waals surface area contributed by atoms with E-state index in [1.165, 1.54) is 35.6 Å². The third-order valence-corrected chi connectivity index (χ3v) is 9.01. The SMILES string of the molecule is C[C@@H]1CN([C@@H](C)CO)C(=O)c2cc(NC(=O)CCCN(C)C)ccc2O[C@@H]1CN(C)S(=O)(=O)c1ccc(Cl)cc1. The van der Waals surface area contributed by atoms with Crippen LogP contribution < -0.4 is 10.1 Å². The Morgan fingerprint density at radius 1 is 1.20 bits per heavy atom. The molecular weight excluding hydrogens is 556 g/mol. The number of fused-ring (bicyclic) bond motifs is 1. The van der Waals surface area contributed by atoms with E-state index in [1.54, 1.807) is 30.0 Å². The lowest BCUT2D eigenvalue weighted by atomic mass is 9.99. The van der Waals surface area contributed by atoms with E-state index in [0.29, 0.717) is 23.6 Å². The van der Waals surface area contributed by atoms with E-state index in [0.717, 1.165) is 6.54 Å². The molecule has 1 aliphatic heterocycles. The van der Waals surface area contributed by atoms with Crippen molar-refractivity contribution < 1.29 is 27.9 Å². The van der Waals surface area contributed by atoms with Crippen molar-refractivity contribution >= 4 is 39.1 Å². The minimum atomic E-state index is -3.83. The summed E-state index contributed by atoms with van der Waals surface area (Å²) < 4.78 is 34.0. The Balaban J connectivity index is 1.89. The van der Waals surface area contributed by atoms with E-state index in [4.69, 9.17) is 16.3 Å². The van der Waals surface area contributed by atoms with E-state index in [9.17, 15) is 23.1 Å². The van der Waals surface area contributed by atoms with Crippen LogP contribution in [-0.2, 0) is 14.8 Å². The molecule has 10 nitrogen and oxygen atoms in total. The fourth-order valence-electron chi connectivity index (χ4n) is 4.44. The normalized spacial score (nSPS) is 18.6. The summed E-state index contributed by atoms with van der Waals surface area (Å²) in [7, 11) is 1.53. The predicted octanol–water partition coefficient (Wildman–Crippen LogP) is 3.16. The van der Waals surface area contributed by atoms with Crippen LogP contribution in [0.5, 0.6) is 5.75 Å². The highest BCUT2D eigenvalue weighted by Gasteiger charge is 2.35. The number of nitrogens with one attached hydrogen (secondary N) is 1. The second-order valence-corrected chi connectivity index (χ2v) is 13.0. The number of amides is 2. The van der Waals surface area contributed by atoms with Crippen LogP contribution in [0.25, 0.3) is 0 Å². The fourth-order valence-corrected chi connectivity index (χ4v) is 5.74. The van der Waals surface area contributed by atoms with Crippen LogP contribution in [0.4, 0.5) is 5.69 Å². The summed E-state index contributed by atoms with van der Waals surface area (Å²) in [6, 6.07) is 10.3. The van der Waals surface area contributed by atoms with Gasteiger partial charge in [-0.2, -0.15) is 4.31 Å². The lowest BCUT2D eigenvalue weighted by molar-refractivity contribution is -0.116. The first kappa shape index (κ1) is 31.8. The summed E-state index contributed by atoms with van der Waals surface area (Å²) >= 11 is 5.93. The zero-order valence-corrected chi connectivity index (χ0v) is 25.2. The molecule has 40 heavy (non-hydrogen) atoms. The van der Waals surface area contributed by atoms with Gasteiger partial charge in [0.2, 0.25) is 15.9 Å². The van der Waals surface area contributed by atoms with Crippen molar-refractivity contribution in [3.05, 3.63) is 53.1 Å². The first-order valence-electron chi connectivity index (χ1n) is 13.2. The average molecular weight is 595 g/mol. The van der Waals surface area contributed by atoms with Crippen molar-refractivity contribution in [1.82, 2.24) is 14.1 Å². The molecule has 0 spiro atoms. The number of ether oxygens (including phenoxy) is 1. The third kappa shape index (κ3) is 7.94. The molecule has 3 rings (SSSR count). The summed E-state index contributed by atoms with van der Waals surface area (Å²) in [6.07, 6.45) is 0.417. The van der Waals surface area contributed by atoms with Gasteiger partial charge in [-0.3, -0.25) is 9.59 Å². The summed E-state index contributed by atoms with van der Waals surface area (Å²) in [5.41, 5.74) is 0.682. The van der Waals surface area contributed by atoms with Crippen molar-refractivity contribution in [2.24, 2.45) is 5.92 Å². The zero-order valence-electron chi connectivity index (χ0n) is 23.6. The van der Waals surface area contributed by atoms with Crippen LogP contribution in [0, 0.1) is 5.92 Å². The standard InChI is InChI=1S/C28H39ClN4O6S/c1-19-16-33(20(2)18-34)28(36)24-15-22(30-27(35)7-6-14-31(3)4)10-13-25(24)39-26(19)17-32(5)40(37,38)23-11-8-21(29)9-12-23/h8-13,15,19-20,26,34H,6-7,14,16-18H2,1-5H3,(H,30,35)/t19-,20+,26-/m1/s1. The minimum absolute atomic E-state index is 0.0193. The molecule has 12 heteroatoms. The number of hydrogen-bond donors (Lipinski definition) is 2. The molecule has 2 aromatic rings. The van der Waals surface area contributed by atoms with E-state index in [-0.39, 0.29) is 53.6 Å². The quantitative estimate of drug-likeness (QED) is 0.410. The van der Waals surface area contributed by atoms with Gasteiger partial charge >= 0.3 is 0 Å². The Labute approximate surface area is 241 Å². The molecule has 1 aliphatic rings. The number of aliphatic hydroxyl groups excluding tert-OH is 1. The topological polar surface area (TPSA) is 119 Å². The third-order valence-electron chi connectivity index (χ3n) is 6.92. The van der Waals surface area contributed by atoms with Crippen LogP contribution in [0.1, 0.15) is 37.0 Å². The second-order valence-electron chi connectivity index (χ2n) is 10.5. The van der Waals surface area contributed by atoms with Crippen molar-refractivity contribution in [3.63, 3.8) is 0 Å². The Hall–Kier alpha value is -2.70. The molecule has 0 fully saturated rings. The second kappa shape index (κ2) is 13.8. The first-order valence-corrected chi connectivity index (χ1v) is 15.0. The summed E-state index contributed by atoms with van der Waals surface area (Å²) in [4.78, 5) is 29.8. The van der Waals surface area contributed by atoms with E-state index in [2.05, 4.69) is 5.32 Å². The van der Waals surface area contributed by atoms with Crippen molar-refractivity contribution in [1.29, 1.82) is 0 Å². The highest BCUT2D eigenvalue weighted by atomic mass is 35.5. The number of aliphatic hydroxyl groups is 1. The number of benzene rings is 2. The Kier molecular flexibility index (Phi) is 11.0. The average Bonchev–Trinajstić information content (AvgIpc) is 2.90. The van der Waals surface area contributed by atoms with E-state index in [1.807, 2.05) is 25.9 Å². The maximum atomic E-state index is 13.6. The van der Waals surface area contributed by atoms with Gasteiger partial charge in [-0.05, 0) is 76.4 Å². The lowest BCUT2D eigenvalue weighted by Crippen LogP contribution is -2.50. The number of sulfonamides is 1. The van der Waals surface area contributed by atoms with E-state index < -0.39 is 22.2 Å². The number of halogens is 1. The largest absolute Gasteiger partial charge is 0.488 e. The number of likely N-dealkylation sites (N-methyl/N-ethyl adjacent to an activating group) is 1. The number of carbonyl (C=O) groups excluding carboxylic acids is 2. The molecule has 0 saturated heterocycles. The van der Waals surface area contributed by atoms with Crippen molar-refractivity contribution in [2.45, 2.75) is 43.7 Å². The molecule has 0 saturated carbocycles. The number of anilines is 1. The molecule has 0 radical (unpaired) electrons. The summed E-state index contributed by atoms with van der Waals surface area (Å²) in [5, 5.41) is 13.2. The molecule has 0 bridgehead atoms. The van der Waals surface area contributed by atoms with Gasteiger partial charge < -0.3 is 25.0 Å². The van der Waals surface area contributed by atoms with Crippen LogP contribution in [-0.4, -0.2) is 99.0 Å². The molecule has 2 amide bonds. The summed E-state index contributed by atoms with van der Waals surface area (Å²) in [6.45, 7) is 4.42. The van der Waals surface area contributed by atoms with Gasteiger partial charge in [-0.15, -0.1) is 0 Å². The lowest BCUT2D eigenvalue weighted by Gasteiger charge is -2.38. The Morgan fingerprint density at radius 3 is 2.50 bits per heavy atom. The first-order chi connectivity index (χ1) is 18.8. The highest BCUT2D eigenvalue weighted by Crippen LogP contribution is 2.31. The fraction of sp³-hybridized carbons (Fsp3) is 0.500. The number of carbonyl (C=O) groups is 2. The molecule has 1 heterocycles. The predicted molar refractivity (Wildman–Crippen MR) is 155 cm³/mol. The molecule has 220 valence electrons. The number of hydrogen-bond acceptors (Lipinski definition) is 7. The highest BCUT2D eigenvalue weighted by molar-refractivity contribution is 7.89. The van der Waals surface area contributed by atoms with Gasteiger partial charge in [0.25, 0.3) is 5.91 Å². The van der Waals surface area contributed by atoms with Crippen LogP contribution in [0.2, 0.25) is 5.02 Å². The molecule has 0 aromatic heterocycles. The maximum absolute atomic E-state index is 13.6. The van der Waals surface area contributed by atoms with E-state index >= 15 is 0 Å². The van der Waals surface area contributed by atoms with Gasteiger partial charge in [-0.25, -0.2) is 8.42 Å². The van der Waals surface area contributed by atoms with Crippen LogP contribution in [0.15, 0.2) is 47.4 Å². The Bertz CT molecular complexity index is 1290. The van der Waals surface area contributed by atoms with Gasteiger partial charge in [0.1, 0.15) is 11.9 Å². The molecule has 3 atom stereocenters. The summed E-state index contributed by atoms with van der Waals surface area (Å²) in [5.74, 6) is -0.501. The van der Waals surface area contributed by atoms with Gasteiger partial charge in [-0.1, -0.05) is 18.5 Å². The van der Waals surface area contributed by atoms with Gasteiger partial charge in [0, 0.05) is 36.6 Å². The monoisotopic (exact) mass is 594 g/mol. The molecule has 2 aromatic carbocycles. The van der Waals surface area contributed by atoms with Crippen molar-refractivity contribution in [3.8, 4) is 5.75 Å². The molecular formula is C28H39ClN4O6S. The smallest absolute Gasteiger partial charge is 0.258 e. The van der Waals surface area contributed by atoms with Gasteiger partial charge in [0.05, 0.1) is 29.7 Å².